The van der Waals surface area contributed by atoms with Crippen LogP contribution in [0.25, 0.3) is 0 Å². The van der Waals surface area contributed by atoms with Crippen LogP contribution >= 0.6 is 0 Å². The van der Waals surface area contributed by atoms with Crippen LogP contribution in [0.5, 0.6) is 0 Å². The SMILES string of the molecule is CCn1ncnc1CC(=O)C(C)C(C)C. The second-order valence-electron chi connectivity index (χ2n) is 4.17. The molecule has 84 valence electrons. The Labute approximate surface area is 90.7 Å². The van der Waals surface area contributed by atoms with Crippen molar-refractivity contribution < 1.29 is 4.79 Å². The van der Waals surface area contributed by atoms with E-state index in [1.165, 1.54) is 6.33 Å². The minimum absolute atomic E-state index is 0.0898. The maximum Gasteiger partial charge on any atom is 0.143 e. The molecule has 0 aliphatic heterocycles. The first kappa shape index (κ1) is 11.9. The molecule has 0 saturated heterocycles. The van der Waals surface area contributed by atoms with Gasteiger partial charge in [0.15, 0.2) is 0 Å². The standard InChI is InChI=1S/C11H19N3O/c1-5-14-11(12-7-13-14)6-10(15)9(4)8(2)3/h7-9H,5-6H2,1-4H3. The van der Waals surface area contributed by atoms with Crippen LogP contribution in [0.3, 0.4) is 0 Å². The van der Waals surface area contributed by atoms with Gasteiger partial charge in [0.1, 0.15) is 17.9 Å². The minimum atomic E-state index is 0.0898. The van der Waals surface area contributed by atoms with E-state index in [0.717, 1.165) is 12.4 Å². The number of hydrogen-bond acceptors (Lipinski definition) is 3. The fourth-order valence-electron chi connectivity index (χ4n) is 1.38. The predicted octanol–water partition coefficient (Wildman–Crippen LogP) is 1.70. The summed E-state index contributed by atoms with van der Waals surface area (Å²) in [6.45, 7) is 8.85. The number of hydrogen-bond donors (Lipinski definition) is 0. The molecule has 4 nitrogen and oxygen atoms in total. The summed E-state index contributed by atoms with van der Waals surface area (Å²) >= 11 is 0. The summed E-state index contributed by atoms with van der Waals surface area (Å²) in [6, 6.07) is 0. The average molecular weight is 209 g/mol. The summed E-state index contributed by atoms with van der Waals surface area (Å²) in [5.41, 5.74) is 0. The number of rotatable bonds is 5. The van der Waals surface area contributed by atoms with Crippen molar-refractivity contribution in [3.63, 3.8) is 0 Å². The van der Waals surface area contributed by atoms with Crippen molar-refractivity contribution in [2.75, 3.05) is 0 Å². The molecule has 0 saturated carbocycles. The summed E-state index contributed by atoms with van der Waals surface area (Å²) in [7, 11) is 0. The Balaban J connectivity index is 2.66. The third-order valence-corrected chi connectivity index (χ3v) is 2.84. The van der Waals surface area contributed by atoms with Gasteiger partial charge in [-0.3, -0.25) is 4.79 Å². The van der Waals surface area contributed by atoms with Crippen LogP contribution in [0.4, 0.5) is 0 Å². The van der Waals surface area contributed by atoms with E-state index in [9.17, 15) is 4.79 Å². The highest BCUT2D eigenvalue weighted by Crippen LogP contribution is 2.13. The van der Waals surface area contributed by atoms with E-state index in [-0.39, 0.29) is 11.7 Å². The maximum absolute atomic E-state index is 11.8. The van der Waals surface area contributed by atoms with Crippen LogP contribution in [0.1, 0.15) is 33.5 Å². The van der Waals surface area contributed by atoms with Gasteiger partial charge in [0, 0.05) is 12.5 Å². The Morgan fingerprint density at radius 2 is 2.13 bits per heavy atom. The highest BCUT2D eigenvalue weighted by molar-refractivity contribution is 5.82. The van der Waals surface area contributed by atoms with Gasteiger partial charge in [-0.05, 0) is 12.8 Å². The number of carbonyl (C=O) groups excluding carboxylic acids is 1. The third-order valence-electron chi connectivity index (χ3n) is 2.84. The lowest BCUT2D eigenvalue weighted by atomic mass is 9.92. The quantitative estimate of drug-likeness (QED) is 0.741. The Kier molecular flexibility index (Phi) is 4.00. The Morgan fingerprint density at radius 3 is 2.67 bits per heavy atom. The van der Waals surface area contributed by atoms with Gasteiger partial charge in [-0.1, -0.05) is 20.8 Å². The van der Waals surface area contributed by atoms with Crippen molar-refractivity contribution >= 4 is 5.78 Å². The van der Waals surface area contributed by atoms with E-state index < -0.39 is 0 Å². The van der Waals surface area contributed by atoms with E-state index in [4.69, 9.17) is 0 Å². The van der Waals surface area contributed by atoms with Crippen LogP contribution in [-0.4, -0.2) is 20.5 Å². The van der Waals surface area contributed by atoms with Gasteiger partial charge in [-0.15, -0.1) is 0 Å². The van der Waals surface area contributed by atoms with E-state index in [1.54, 1.807) is 4.68 Å². The number of aromatic nitrogens is 3. The van der Waals surface area contributed by atoms with Gasteiger partial charge in [0.25, 0.3) is 0 Å². The zero-order valence-corrected chi connectivity index (χ0v) is 9.90. The number of carbonyl (C=O) groups is 1. The fourth-order valence-corrected chi connectivity index (χ4v) is 1.38. The molecule has 15 heavy (non-hydrogen) atoms. The smallest absolute Gasteiger partial charge is 0.143 e. The molecule has 0 aliphatic rings. The minimum Gasteiger partial charge on any atom is -0.299 e. The van der Waals surface area contributed by atoms with Crippen LogP contribution in [0.2, 0.25) is 0 Å². The highest BCUT2D eigenvalue weighted by atomic mass is 16.1. The van der Waals surface area contributed by atoms with E-state index in [0.29, 0.717) is 12.3 Å². The highest BCUT2D eigenvalue weighted by Gasteiger charge is 2.18. The summed E-state index contributed by atoms with van der Waals surface area (Å²) in [5, 5.41) is 4.05. The van der Waals surface area contributed by atoms with Gasteiger partial charge in [0.05, 0.1) is 6.42 Å². The Morgan fingerprint density at radius 1 is 1.47 bits per heavy atom. The Bertz CT molecular complexity index is 330. The molecule has 1 heterocycles. The van der Waals surface area contributed by atoms with E-state index in [2.05, 4.69) is 23.9 Å². The average Bonchev–Trinajstić information content (AvgIpc) is 2.63. The van der Waals surface area contributed by atoms with Crippen molar-refractivity contribution in [2.45, 2.75) is 40.7 Å². The Hall–Kier alpha value is -1.19. The molecule has 1 atom stereocenters. The van der Waals surface area contributed by atoms with Crippen molar-refractivity contribution in [1.82, 2.24) is 14.8 Å². The second-order valence-corrected chi connectivity index (χ2v) is 4.17. The van der Waals surface area contributed by atoms with Crippen molar-refractivity contribution in [1.29, 1.82) is 0 Å². The maximum atomic E-state index is 11.8. The first-order chi connectivity index (χ1) is 7.06. The first-order valence-electron chi connectivity index (χ1n) is 5.45. The number of nitrogens with zero attached hydrogens (tertiary/aromatic N) is 3. The number of aryl methyl sites for hydroxylation is 1. The molecule has 0 amide bonds. The van der Waals surface area contributed by atoms with Crippen molar-refractivity contribution in [3.8, 4) is 0 Å². The normalized spacial score (nSPS) is 13.1. The molecule has 0 spiro atoms. The zero-order chi connectivity index (χ0) is 11.4. The fraction of sp³-hybridized carbons (Fsp3) is 0.727. The molecule has 0 fully saturated rings. The van der Waals surface area contributed by atoms with Crippen LogP contribution in [-0.2, 0) is 17.8 Å². The molecule has 0 N–H and O–H groups in total. The molecule has 0 aliphatic carbocycles. The van der Waals surface area contributed by atoms with Gasteiger partial charge < -0.3 is 0 Å². The van der Waals surface area contributed by atoms with Crippen LogP contribution < -0.4 is 0 Å². The number of Topliss-reactive ketones (excluding diaryl/α,β-unsaturated/α-hetero) is 1. The van der Waals surface area contributed by atoms with Gasteiger partial charge in [-0.25, -0.2) is 9.67 Å². The molecular formula is C11H19N3O. The lowest BCUT2D eigenvalue weighted by Crippen LogP contribution is -2.21. The summed E-state index contributed by atoms with van der Waals surface area (Å²) in [4.78, 5) is 15.9. The molecule has 4 heteroatoms. The lowest BCUT2D eigenvalue weighted by Gasteiger charge is -2.13. The topological polar surface area (TPSA) is 47.8 Å². The lowest BCUT2D eigenvalue weighted by molar-refractivity contribution is -0.123. The van der Waals surface area contributed by atoms with Crippen molar-refractivity contribution in [3.05, 3.63) is 12.2 Å². The monoisotopic (exact) mass is 209 g/mol. The number of ketones is 1. The summed E-state index contributed by atoms with van der Waals surface area (Å²) in [6.07, 6.45) is 1.90. The van der Waals surface area contributed by atoms with Gasteiger partial charge in [-0.2, -0.15) is 5.10 Å². The molecular weight excluding hydrogens is 190 g/mol. The van der Waals surface area contributed by atoms with Gasteiger partial charge in [0.2, 0.25) is 0 Å². The molecule has 1 rings (SSSR count). The molecule has 0 aromatic carbocycles. The van der Waals surface area contributed by atoms with E-state index in [1.807, 2.05) is 13.8 Å². The first-order valence-corrected chi connectivity index (χ1v) is 5.45. The molecule has 0 bridgehead atoms. The third kappa shape index (κ3) is 2.88. The largest absolute Gasteiger partial charge is 0.299 e. The molecule has 1 aromatic rings. The molecule has 1 aromatic heterocycles. The van der Waals surface area contributed by atoms with Crippen molar-refractivity contribution in [2.24, 2.45) is 11.8 Å². The predicted molar refractivity (Wildman–Crippen MR) is 58.4 cm³/mol. The summed E-state index contributed by atoms with van der Waals surface area (Å²) in [5.74, 6) is 1.49. The zero-order valence-electron chi connectivity index (χ0n) is 9.90. The molecule has 0 radical (unpaired) electrons. The van der Waals surface area contributed by atoms with Gasteiger partial charge >= 0.3 is 0 Å². The second kappa shape index (κ2) is 5.05. The molecule has 1 unspecified atom stereocenters. The van der Waals surface area contributed by atoms with E-state index >= 15 is 0 Å². The van der Waals surface area contributed by atoms with Crippen LogP contribution in [0, 0.1) is 11.8 Å². The van der Waals surface area contributed by atoms with Crippen LogP contribution in [0.15, 0.2) is 6.33 Å². The summed E-state index contributed by atoms with van der Waals surface area (Å²) < 4.78 is 1.77.